The van der Waals surface area contributed by atoms with Crippen LogP contribution in [0.2, 0.25) is 0 Å². The van der Waals surface area contributed by atoms with Crippen molar-refractivity contribution in [3.05, 3.63) is 35.4 Å². The molecule has 2 aliphatic rings. The minimum atomic E-state index is 0.599. The first kappa shape index (κ1) is 12.1. The zero-order valence-electron chi connectivity index (χ0n) is 11.0. The Hall–Kier alpha value is -0.960. The van der Waals surface area contributed by atoms with Crippen LogP contribution in [-0.2, 0) is 6.42 Å². The molecule has 1 aromatic carbocycles. The van der Waals surface area contributed by atoms with E-state index in [9.17, 15) is 0 Å². The van der Waals surface area contributed by atoms with Crippen LogP contribution >= 0.6 is 11.8 Å². The van der Waals surface area contributed by atoms with Gasteiger partial charge in [0.1, 0.15) is 0 Å². The highest BCUT2D eigenvalue weighted by Gasteiger charge is 2.26. The van der Waals surface area contributed by atoms with Crippen molar-refractivity contribution >= 4 is 16.9 Å². The third-order valence-electron chi connectivity index (χ3n) is 3.93. The second kappa shape index (κ2) is 4.96. The monoisotopic (exact) mass is 260 g/mol. The van der Waals surface area contributed by atoms with Gasteiger partial charge in [-0.1, -0.05) is 49.9 Å². The summed E-state index contributed by atoms with van der Waals surface area (Å²) in [6, 6.07) is 9.34. The molecule has 2 unspecified atom stereocenters. The van der Waals surface area contributed by atoms with E-state index in [0.717, 1.165) is 17.5 Å². The number of nitrogens with one attached hydrogen (secondary N) is 1. The maximum Gasteiger partial charge on any atom is 0.156 e. The second-order valence-corrected chi connectivity index (χ2v) is 6.56. The van der Waals surface area contributed by atoms with Crippen molar-refractivity contribution in [3.8, 4) is 0 Å². The molecule has 18 heavy (non-hydrogen) atoms. The molecule has 0 saturated carbocycles. The zero-order valence-corrected chi connectivity index (χ0v) is 11.8. The van der Waals surface area contributed by atoms with Crippen molar-refractivity contribution in [2.45, 2.75) is 32.2 Å². The molecular weight excluding hydrogens is 240 g/mol. The Morgan fingerprint density at radius 2 is 2.22 bits per heavy atom. The van der Waals surface area contributed by atoms with Crippen LogP contribution in [0.4, 0.5) is 0 Å². The van der Waals surface area contributed by atoms with Gasteiger partial charge in [0, 0.05) is 24.3 Å². The van der Waals surface area contributed by atoms with Gasteiger partial charge in [0.05, 0.1) is 0 Å². The van der Waals surface area contributed by atoms with Crippen LogP contribution in [0.15, 0.2) is 29.3 Å². The Morgan fingerprint density at radius 1 is 1.39 bits per heavy atom. The fourth-order valence-electron chi connectivity index (χ4n) is 2.58. The molecule has 1 saturated heterocycles. The minimum absolute atomic E-state index is 0.599. The standard InChI is InChI=1S/C15H20N2S/c1-10(2)14-9-18-15(17-14)16-8-12-7-11-5-3-4-6-13(11)12/h3-6,10,12,14H,7-9H2,1-2H3,(H,16,17). The number of hydrogen-bond acceptors (Lipinski definition) is 2. The van der Waals surface area contributed by atoms with Crippen molar-refractivity contribution in [1.82, 2.24) is 5.32 Å². The van der Waals surface area contributed by atoms with Crippen LogP contribution < -0.4 is 5.32 Å². The van der Waals surface area contributed by atoms with Gasteiger partial charge in [0.15, 0.2) is 5.17 Å². The van der Waals surface area contributed by atoms with Gasteiger partial charge in [-0.2, -0.15) is 0 Å². The first-order valence-corrected chi connectivity index (χ1v) is 7.74. The lowest BCUT2D eigenvalue weighted by Gasteiger charge is -2.28. The van der Waals surface area contributed by atoms with Crippen LogP contribution in [-0.4, -0.2) is 23.5 Å². The van der Waals surface area contributed by atoms with Gasteiger partial charge in [0.25, 0.3) is 0 Å². The largest absolute Gasteiger partial charge is 0.361 e. The fourth-order valence-corrected chi connectivity index (χ4v) is 3.79. The van der Waals surface area contributed by atoms with Gasteiger partial charge < -0.3 is 5.32 Å². The normalized spacial score (nSPS) is 28.1. The van der Waals surface area contributed by atoms with E-state index in [4.69, 9.17) is 4.99 Å². The van der Waals surface area contributed by atoms with Crippen molar-refractivity contribution in [3.63, 3.8) is 0 Å². The molecule has 2 atom stereocenters. The Balaban J connectivity index is 1.57. The number of rotatable bonds is 3. The van der Waals surface area contributed by atoms with Gasteiger partial charge in [0.2, 0.25) is 0 Å². The van der Waals surface area contributed by atoms with E-state index in [1.807, 2.05) is 11.8 Å². The van der Waals surface area contributed by atoms with Crippen LogP contribution in [0.1, 0.15) is 30.9 Å². The molecule has 3 rings (SSSR count). The van der Waals surface area contributed by atoms with E-state index in [-0.39, 0.29) is 0 Å². The molecule has 1 aromatic rings. The van der Waals surface area contributed by atoms with E-state index in [1.54, 1.807) is 0 Å². The molecule has 0 aromatic heterocycles. The molecule has 1 aliphatic heterocycles. The average molecular weight is 260 g/mol. The van der Waals surface area contributed by atoms with Gasteiger partial charge in [-0.15, -0.1) is 0 Å². The van der Waals surface area contributed by atoms with Crippen molar-refractivity contribution < 1.29 is 0 Å². The summed E-state index contributed by atoms with van der Waals surface area (Å²) in [7, 11) is 0. The summed E-state index contributed by atoms with van der Waals surface area (Å²) in [5.74, 6) is 2.50. The summed E-state index contributed by atoms with van der Waals surface area (Å²) in [6.07, 6.45) is 1.20. The topological polar surface area (TPSA) is 24.4 Å². The predicted octanol–water partition coefficient (Wildman–Crippen LogP) is 3.04. The number of benzene rings is 1. The number of amidine groups is 1. The van der Waals surface area contributed by atoms with Crippen molar-refractivity contribution in [1.29, 1.82) is 0 Å². The third kappa shape index (κ3) is 2.28. The summed E-state index contributed by atoms with van der Waals surface area (Å²) in [6.45, 7) is 5.48. The Morgan fingerprint density at radius 3 is 2.94 bits per heavy atom. The fraction of sp³-hybridized carbons (Fsp3) is 0.533. The lowest BCUT2D eigenvalue weighted by Crippen LogP contribution is -2.32. The highest BCUT2D eigenvalue weighted by Crippen LogP contribution is 2.35. The number of nitrogens with zero attached hydrogens (tertiary/aromatic N) is 1. The molecule has 1 N–H and O–H groups in total. The summed E-state index contributed by atoms with van der Waals surface area (Å²) >= 11 is 1.88. The zero-order chi connectivity index (χ0) is 12.5. The highest BCUT2D eigenvalue weighted by atomic mass is 32.2. The Labute approximate surface area is 113 Å². The smallest absolute Gasteiger partial charge is 0.156 e. The number of hydrogen-bond donors (Lipinski definition) is 1. The maximum atomic E-state index is 4.75. The number of aliphatic imine (C=N–C) groups is 1. The molecule has 0 radical (unpaired) electrons. The Bertz CT molecular complexity index is 467. The molecule has 0 spiro atoms. The summed E-state index contributed by atoms with van der Waals surface area (Å²) < 4.78 is 0. The summed E-state index contributed by atoms with van der Waals surface area (Å²) in [4.78, 5) is 4.75. The van der Waals surface area contributed by atoms with Gasteiger partial charge in [-0.05, 0) is 23.5 Å². The molecule has 1 fully saturated rings. The lowest BCUT2D eigenvalue weighted by atomic mass is 9.78. The SMILES string of the molecule is CC(C)C1CSC(=NCC2Cc3ccccc32)N1. The average Bonchev–Trinajstić information content (AvgIpc) is 2.79. The number of thioether (sulfide) groups is 1. The van der Waals surface area contributed by atoms with Gasteiger partial charge in [-0.25, -0.2) is 0 Å². The molecule has 96 valence electrons. The van der Waals surface area contributed by atoms with Crippen LogP contribution in [0.25, 0.3) is 0 Å². The van der Waals surface area contributed by atoms with Crippen molar-refractivity contribution in [2.24, 2.45) is 10.9 Å². The minimum Gasteiger partial charge on any atom is -0.361 e. The third-order valence-corrected chi connectivity index (χ3v) is 4.98. The molecule has 3 heteroatoms. The number of fused-ring (bicyclic) bond motifs is 1. The first-order chi connectivity index (χ1) is 8.74. The molecule has 0 amide bonds. The highest BCUT2D eigenvalue weighted by molar-refractivity contribution is 8.14. The molecule has 1 heterocycles. The summed E-state index contributed by atoms with van der Waals surface area (Å²) in [5, 5.41) is 4.68. The molecule has 0 bridgehead atoms. The van der Waals surface area contributed by atoms with Crippen LogP contribution in [0.5, 0.6) is 0 Å². The van der Waals surface area contributed by atoms with E-state index in [0.29, 0.717) is 17.9 Å². The quantitative estimate of drug-likeness (QED) is 0.903. The Kier molecular flexibility index (Phi) is 3.33. The molecular formula is C15H20N2S. The van der Waals surface area contributed by atoms with E-state index in [1.165, 1.54) is 17.5 Å². The van der Waals surface area contributed by atoms with E-state index in [2.05, 4.69) is 43.4 Å². The van der Waals surface area contributed by atoms with Crippen molar-refractivity contribution in [2.75, 3.05) is 12.3 Å². The van der Waals surface area contributed by atoms with E-state index >= 15 is 0 Å². The van der Waals surface area contributed by atoms with Crippen LogP contribution in [0.3, 0.4) is 0 Å². The lowest BCUT2D eigenvalue weighted by molar-refractivity contribution is 0.502. The van der Waals surface area contributed by atoms with Gasteiger partial charge in [-0.3, -0.25) is 4.99 Å². The van der Waals surface area contributed by atoms with Crippen LogP contribution in [0, 0.1) is 5.92 Å². The maximum absolute atomic E-state index is 4.75. The second-order valence-electron chi connectivity index (χ2n) is 5.55. The van der Waals surface area contributed by atoms with Gasteiger partial charge >= 0.3 is 0 Å². The first-order valence-electron chi connectivity index (χ1n) is 6.75. The summed E-state index contributed by atoms with van der Waals surface area (Å²) in [5.41, 5.74) is 3.01. The predicted molar refractivity (Wildman–Crippen MR) is 79.4 cm³/mol. The molecule has 2 nitrogen and oxygen atoms in total. The van der Waals surface area contributed by atoms with E-state index < -0.39 is 0 Å². The molecule has 1 aliphatic carbocycles.